The number of aliphatic hydroxyl groups is 1. The van der Waals surface area contributed by atoms with Gasteiger partial charge < -0.3 is 30.1 Å². The van der Waals surface area contributed by atoms with Gasteiger partial charge in [0.15, 0.2) is 0 Å². The summed E-state index contributed by atoms with van der Waals surface area (Å²) in [5.41, 5.74) is 4.77. The van der Waals surface area contributed by atoms with Crippen molar-refractivity contribution in [1.82, 2.24) is 20.2 Å². The first-order valence-corrected chi connectivity index (χ1v) is 13.6. The number of fused-ring (bicyclic) bond motifs is 8. The third-order valence-corrected chi connectivity index (χ3v) is 7.42. The zero-order valence-corrected chi connectivity index (χ0v) is 21.9. The Morgan fingerprint density at radius 3 is 2.85 bits per heavy atom. The molecule has 4 heterocycles. The highest BCUT2D eigenvalue weighted by atomic mass is 16.5. The van der Waals surface area contributed by atoms with Gasteiger partial charge in [-0.25, -0.2) is 9.97 Å². The molecule has 0 radical (unpaired) electrons. The van der Waals surface area contributed by atoms with Crippen molar-refractivity contribution in [1.29, 1.82) is 0 Å². The van der Waals surface area contributed by atoms with Crippen LogP contribution in [0.1, 0.15) is 18.4 Å². The molecule has 3 N–H and O–H groups in total. The zero-order valence-electron chi connectivity index (χ0n) is 21.9. The maximum atomic E-state index is 13.2. The fraction of sp³-hybridized carbons (Fsp3) is 0.414. The van der Waals surface area contributed by atoms with Crippen LogP contribution in [0, 0.1) is 0 Å². The first-order chi connectivity index (χ1) is 19.1. The maximum Gasteiger partial charge on any atom is 0.237 e. The van der Waals surface area contributed by atoms with Crippen molar-refractivity contribution >= 4 is 23.2 Å². The van der Waals surface area contributed by atoms with Crippen LogP contribution in [0.25, 0.3) is 11.3 Å². The average Bonchev–Trinajstić information content (AvgIpc) is 3.33. The molecular weight excluding hydrogens is 496 g/mol. The van der Waals surface area contributed by atoms with Crippen LogP contribution in [0.15, 0.2) is 54.7 Å². The Hall–Kier alpha value is -3.73. The van der Waals surface area contributed by atoms with Gasteiger partial charge in [-0.05, 0) is 54.8 Å². The van der Waals surface area contributed by atoms with Crippen molar-refractivity contribution in [2.45, 2.75) is 31.5 Å². The summed E-state index contributed by atoms with van der Waals surface area (Å²) in [6.45, 7) is 4.93. The Kier molecular flexibility index (Phi) is 7.57. The summed E-state index contributed by atoms with van der Waals surface area (Å²) >= 11 is 0. The molecule has 204 valence electrons. The molecule has 6 bridgehead atoms. The second-order valence-electron chi connectivity index (χ2n) is 10.2. The van der Waals surface area contributed by atoms with E-state index in [0.717, 1.165) is 47.0 Å². The number of aliphatic hydroxyl groups excluding tert-OH is 1. The van der Waals surface area contributed by atoms with Crippen molar-refractivity contribution in [2.24, 2.45) is 0 Å². The molecule has 2 aromatic carbocycles. The van der Waals surface area contributed by atoms with Gasteiger partial charge >= 0.3 is 0 Å². The number of morpholine rings is 1. The van der Waals surface area contributed by atoms with Crippen LogP contribution in [0.3, 0.4) is 0 Å². The highest BCUT2D eigenvalue weighted by molar-refractivity contribution is 5.82. The Morgan fingerprint density at radius 2 is 1.95 bits per heavy atom. The molecular formula is C29H34N6O4. The van der Waals surface area contributed by atoms with E-state index in [1.54, 1.807) is 6.20 Å². The molecule has 39 heavy (non-hydrogen) atoms. The smallest absolute Gasteiger partial charge is 0.237 e. The number of carbonyl (C=O) groups is 1. The van der Waals surface area contributed by atoms with Crippen LogP contribution in [-0.2, 0) is 16.1 Å². The maximum absolute atomic E-state index is 13.2. The largest absolute Gasteiger partial charge is 0.494 e. The quantitative estimate of drug-likeness (QED) is 0.437. The minimum absolute atomic E-state index is 0.0573. The summed E-state index contributed by atoms with van der Waals surface area (Å²) in [7, 11) is 0. The van der Waals surface area contributed by atoms with Gasteiger partial charge in [-0.15, -0.1) is 0 Å². The first-order valence-electron chi connectivity index (χ1n) is 13.6. The number of nitrogens with one attached hydrogen (secondary N) is 2. The van der Waals surface area contributed by atoms with E-state index in [2.05, 4.69) is 37.6 Å². The second kappa shape index (κ2) is 11.6. The SMILES string of the molecule is O=C1NCCCOc2cccc(c2)-c2ccnc(n2)Nc2ccc(N3CCOCC3)c(c2)CN2C[C@H](O)C[C@@H]12. The summed E-state index contributed by atoms with van der Waals surface area (Å²) in [6, 6.07) is 15.6. The molecule has 1 amide bonds. The van der Waals surface area contributed by atoms with Crippen molar-refractivity contribution < 1.29 is 19.4 Å². The molecule has 3 aliphatic heterocycles. The van der Waals surface area contributed by atoms with Crippen molar-refractivity contribution in [3.8, 4) is 17.0 Å². The highest BCUT2D eigenvalue weighted by Gasteiger charge is 2.36. The van der Waals surface area contributed by atoms with Crippen LogP contribution >= 0.6 is 0 Å². The van der Waals surface area contributed by atoms with Crippen molar-refractivity contribution in [3.05, 3.63) is 60.3 Å². The lowest BCUT2D eigenvalue weighted by Crippen LogP contribution is -2.43. The number of carbonyl (C=O) groups excluding carboxylic acids is 1. The number of aromatic nitrogens is 2. The number of hydrogen-bond acceptors (Lipinski definition) is 9. The predicted octanol–water partition coefficient (Wildman–Crippen LogP) is 2.56. The van der Waals surface area contributed by atoms with E-state index in [9.17, 15) is 9.90 Å². The first kappa shape index (κ1) is 25.5. The monoisotopic (exact) mass is 530 g/mol. The van der Waals surface area contributed by atoms with Crippen LogP contribution < -0.4 is 20.3 Å². The third-order valence-electron chi connectivity index (χ3n) is 7.42. The van der Waals surface area contributed by atoms with Crippen LogP contribution in [0.5, 0.6) is 5.75 Å². The van der Waals surface area contributed by atoms with Crippen molar-refractivity contribution in [2.75, 3.05) is 56.2 Å². The molecule has 0 unspecified atom stereocenters. The number of amides is 1. The van der Waals surface area contributed by atoms with Gasteiger partial charge in [0.25, 0.3) is 0 Å². The molecule has 3 aromatic rings. The van der Waals surface area contributed by atoms with Gasteiger partial charge in [0, 0.05) is 55.9 Å². The second-order valence-corrected chi connectivity index (χ2v) is 10.2. The Morgan fingerprint density at radius 1 is 1.05 bits per heavy atom. The fourth-order valence-electron chi connectivity index (χ4n) is 5.49. The highest BCUT2D eigenvalue weighted by Crippen LogP contribution is 2.31. The third kappa shape index (κ3) is 5.98. The molecule has 3 aliphatic rings. The molecule has 10 nitrogen and oxygen atoms in total. The fourth-order valence-corrected chi connectivity index (χ4v) is 5.49. The topological polar surface area (TPSA) is 112 Å². The van der Waals surface area contributed by atoms with E-state index in [-0.39, 0.29) is 5.91 Å². The van der Waals surface area contributed by atoms with Gasteiger partial charge in [0.2, 0.25) is 11.9 Å². The normalized spacial score (nSPS) is 22.4. The summed E-state index contributed by atoms with van der Waals surface area (Å²) in [4.78, 5) is 26.8. The lowest BCUT2D eigenvalue weighted by Gasteiger charge is -2.32. The molecule has 2 atom stereocenters. The number of hydrogen-bond donors (Lipinski definition) is 3. The summed E-state index contributed by atoms with van der Waals surface area (Å²) in [5, 5.41) is 16.9. The minimum Gasteiger partial charge on any atom is -0.494 e. The van der Waals surface area contributed by atoms with Gasteiger partial charge in [-0.3, -0.25) is 9.69 Å². The minimum atomic E-state index is -0.543. The van der Waals surface area contributed by atoms with E-state index in [1.807, 2.05) is 36.4 Å². The number of anilines is 3. The molecule has 0 spiro atoms. The average molecular weight is 531 g/mol. The van der Waals surface area contributed by atoms with Gasteiger partial charge in [0.1, 0.15) is 5.75 Å². The Balaban J connectivity index is 1.36. The number of benzene rings is 2. The summed E-state index contributed by atoms with van der Waals surface area (Å²) in [6.07, 6.45) is 2.30. The van der Waals surface area contributed by atoms with Crippen molar-refractivity contribution in [3.63, 3.8) is 0 Å². The number of rotatable bonds is 1. The van der Waals surface area contributed by atoms with Crippen LogP contribution in [0.2, 0.25) is 0 Å². The van der Waals surface area contributed by atoms with Crippen LogP contribution in [-0.4, -0.2) is 84.0 Å². The lowest BCUT2D eigenvalue weighted by atomic mass is 10.1. The van der Waals surface area contributed by atoms with E-state index in [1.165, 1.54) is 0 Å². The van der Waals surface area contributed by atoms with Gasteiger partial charge in [-0.1, -0.05) is 12.1 Å². The van der Waals surface area contributed by atoms with E-state index in [4.69, 9.17) is 14.5 Å². The Labute approximate surface area is 228 Å². The molecule has 2 saturated heterocycles. The number of nitrogens with zero attached hydrogens (tertiary/aromatic N) is 4. The van der Waals surface area contributed by atoms with E-state index < -0.39 is 12.1 Å². The molecule has 6 rings (SSSR count). The van der Waals surface area contributed by atoms with Gasteiger partial charge in [-0.2, -0.15) is 0 Å². The van der Waals surface area contributed by atoms with Gasteiger partial charge in [0.05, 0.1) is 37.7 Å². The van der Waals surface area contributed by atoms with Crippen LogP contribution in [0.4, 0.5) is 17.3 Å². The van der Waals surface area contributed by atoms with E-state index >= 15 is 0 Å². The molecule has 2 fully saturated rings. The molecule has 10 heteroatoms. The standard InChI is InChI=1S/C29H34N6O4/c36-23-17-27-28(37)30-8-2-12-39-24-4-1-3-20(16-24)25-7-9-31-29(33-25)32-22-5-6-26(34-10-13-38-14-11-34)21(15-22)18-35(27)19-23/h1,3-7,9,15-16,23,27,36H,2,8,10-14,17-19H2,(H,30,37)(H,31,32,33)/t23-,27+/m1/s1. The molecule has 1 aromatic heterocycles. The summed E-state index contributed by atoms with van der Waals surface area (Å²) < 4.78 is 11.5. The lowest BCUT2D eigenvalue weighted by molar-refractivity contribution is -0.125. The summed E-state index contributed by atoms with van der Waals surface area (Å²) in [5.74, 6) is 1.19. The van der Waals surface area contributed by atoms with E-state index in [0.29, 0.717) is 58.2 Å². The Bertz CT molecular complexity index is 1310. The molecule has 0 aliphatic carbocycles. The number of ether oxygens (including phenoxy) is 2. The zero-order chi connectivity index (χ0) is 26.6. The molecule has 0 saturated carbocycles. The predicted molar refractivity (Wildman–Crippen MR) is 148 cm³/mol.